The minimum Gasteiger partial charge on any atom is -0.508 e. The minimum atomic E-state index is -0.0159. The molecular weight excluding hydrogens is 384 g/mol. The van der Waals surface area contributed by atoms with E-state index in [0.29, 0.717) is 22.1 Å². The maximum atomic E-state index is 10.6. The van der Waals surface area contributed by atoms with Gasteiger partial charge >= 0.3 is 0 Å². The molecule has 0 radical (unpaired) electrons. The summed E-state index contributed by atoms with van der Waals surface area (Å²) in [4.78, 5) is 0. The molecule has 0 bridgehead atoms. The number of aromatic hydroxyl groups is 2. The van der Waals surface area contributed by atoms with Gasteiger partial charge in [0.15, 0.2) is 10.6 Å². The van der Waals surface area contributed by atoms with E-state index < -0.39 is 0 Å². The van der Waals surface area contributed by atoms with Gasteiger partial charge in [-0.1, -0.05) is 6.42 Å². The predicted molar refractivity (Wildman–Crippen MR) is 115 cm³/mol. The summed E-state index contributed by atoms with van der Waals surface area (Å²) in [6.07, 6.45) is 5.36. The first-order chi connectivity index (χ1) is 13.9. The van der Waals surface area contributed by atoms with Crippen LogP contribution in [0.15, 0.2) is 36.5 Å². The van der Waals surface area contributed by atoms with E-state index >= 15 is 0 Å². The third-order valence-electron chi connectivity index (χ3n) is 6.03. The van der Waals surface area contributed by atoms with Gasteiger partial charge in [-0.25, -0.2) is 0 Å². The summed E-state index contributed by atoms with van der Waals surface area (Å²) in [6, 6.07) is 9.41. The van der Waals surface area contributed by atoms with Gasteiger partial charge < -0.3 is 14.8 Å². The second kappa shape index (κ2) is 6.49. The molecule has 0 unspecified atom stereocenters. The Morgan fingerprint density at radius 2 is 1.93 bits per heavy atom. The van der Waals surface area contributed by atoms with Crippen LogP contribution in [-0.4, -0.2) is 29.5 Å². The van der Waals surface area contributed by atoms with Gasteiger partial charge in [0, 0.05) is 30.2 Å². The highest BCUT2D eigenvalue weighted by atomic mass is 32.1. The number of phenolic OH excluding ortho intramolecular Hbond substituents is 2. The highest BCUT2D eigenvalue weighted by Crippen LogP contribution is 2.44. The molecule has 29 heavy (non-hydrogen) atoms. The first-order valence-corrected chi connectivity index (χ1v) is 10.1. The van der Waals surface area contributed by atoms with Crippen molar-refractivity contribution in [1.82, 2.24) is 19.3 Å². The second-order valence-corrected chi connectivity index (χ2v) is 8.25. The van der Waals surface area contributed by atoms with Gasteiger partial charge in [0.2, 0.25) is 0 Å². The van der Waals surface area contributed by atoms with E-state index in [1.807, 2.05) is 23.7 Å². The van der Waals surface area contributed by atoms with E-state index in [-0.39, 0.29) is 11.5 Å². The summed E-state index contributed by atoms with van der Waals surface area (Å²) in [5.74, 6) is 0.977. The Morgan fingerprint density at radius 1 is 1.14 bits per heavy atom. The zero-order valence-electron chi connectivity index (χ0n) is 16.3. The van der Waals surface area contributed by atoms with Crippen molar-refractivity contribution in [1.29, 1.82) is 0 Å². The Bertz CT molecular complexity index is 1310. The summed E-state index contributed by atoms with van der Waals surface area (Å²) in [5.41, 5.74) is 4.61. The van der Waals surface area contributed by atoms with Gasteiger partial charge in [0.1, 0.15) is 11.5 Å². The smallest absolute Gasteiger partial charge is 0.200 e. The standard InChI is InChI=1S/C22H22N4O2S/c1-12-11-25(2)18-7-6-14(8-15(12)18)26-21(23-24-22(26)29)17-9-16(13-4-3-5-13)19(27)10-20(17)28/h6-11,13,27-28H,3-5H2,1-2H3,(H,24,29). The van der Waals surface area contributed by atoms with Crippen LogP contribution in [0, 0.1) is 11.7 Å². The molecule has 5 rings (SSSR count). The van der Waals surface area contributed by atoms with Gasteiger partial charge in [-0.15, -0.1) is 0 Å². The normalized spacial score (nSPS) is 14.4. The van der Waals surface area contributed by atoms with Crippen molar-refractivity contribution >= 4 is 23.1 Å². The number of nitrogens with one attached hydrogen (secondary N) is 1. The molecule has 0 spiro atoms. The minimum absolute atomic E-state index is 0.0159. The van der Waals surface area contributed by atoms with E-state index in [9.17, 15) is 10.2 Å². The number of aromatic amines is 1. The highest BCUT2D eigenvalue weighted by Gasteiger charge is 2.25. The number of fused-ring (bicyclic) bond motifs is 1. The fourth-order valence-corrected chi connectivity index (χ4v) is 4.49. The lowest BCUT2D eigenvalue weighted by Gasteiger charge is -2.27. The lowest BCUT2D eigenvalue weighted by molar-refractivity contribution is 0.389. The SMILES string of the molecule is Cc1cn(C)c2ccc(-n3c(-c4cc(C5CCC5)c(O)cc4O)n[nH]c3=S)cc12. The molecule has 0 saturated heterocycles. The zero-order valence-corrected chi connectivity index (χ0v) is 17.1. The molecule has 1 aliphatic carbocycles. The summed E-state index contributed by atoms with van der Waals surface area (Å²) in [5, 5.41) is 29.3. The van der Waals surface area contributed by atoms with Crippen molar-refractivity contribution in [3.05, 3.63) is 52.4 Å². The molecule has 0 aliphatic heterocycles. The summed E-state index contributed by atoms with van der Waals surface area (Å²) in [7, 11) is 2.03. The van der Waals surface area contributed by atoms with Crippen LogP contribution in [0.1, 0.15) is 36.3 Å². The summed E-state index contributed by atoms with van der Waals surface area (Å²) in [6.45, 7) is 2.08. The molecule has 0 amide bonds. The van der Waals surface area contributed by atoms with Gasteiger partial charge in [-0.2, -0.15) is 5.10 Å². The molecule has 2 heterocycles. The molecule has 1 fully saturated rings. The highest BCUT2D eigenvalue weighted by molar-refractivity contribution is 7.71. The topological polar surface area (TPSA) is 79.0 Å². The molecule has 148 valence electrons. The summed E-state index contributed by atoms with van der Waals surface area (Å²) >= 11 is 5.51. The van der Waals surface area contributed by atoms with Crippen LogP contribution in [-0.2, 0) is 7.05 Å². The first-order valence-electron chi connectivity index (χ1n) is 9.73. The average Bonchev–Trinajstić information content (AvgIpc) is 3.15. The monoisotopic (exact) mass is 406 g/mol. The Kier molecular flexibility index (Phi) is 4.03. The van der Waals surface area contributed by atoms with Gasteiger partial charge in [-0.05, 0) is 73.3 Å². The number of rotatable bonds is 3. The number of benzene rings is 2. The Labute approximate surface area is 173 Å². The molecular formula is C22H22N4O2S. The lowest BCUT2D eigenvalue weighted by atomic mass is 9.79. The zero-order chi connectivity index (χ0) is 20.3. The van der Waals surface area contributed by atoms with Crippen molar-refractivity contribution in [3.63, 3.8) is 0 Å². The van der Waals surface area contributed by atoms with E-state index in [1.54, 1.807) is 0 Å². The molecule has 4 aromatic rings. The molecule has 6 nitrogen and oxygen atoms in total. The van der Waals surface area contributed by atoms with Crippen LogP contribution < -0.4 is 0 Å². The predicted octanol–water partition coefficient (Wildman–Crippen LogP) is 5.08. The third-order valence-corrected chi connectivity index (χ3v) is 6.31. The van der Waals surface area contributed by atoms with Crippen LogP contribution in [0.3, 0.4) is 0 Å². The molecule has 3 N–H and O–H groups in total. The number of phenols is 2. The Balaban J connectivity index is 1.70. The van der Waals surface area contributed by atoms with Crippen molar-refractivity contribution in [2.75, 3.05) is 0 Å². The van der Waals surface area contributed by atoms with E-state index in [4.69, 9.17) is 12.2 Å². The molecule has 0 atom stereocenters. The number of hydrogen-bond acceptors (Lipinski definition) is 4. The number of nitrogens with zero attached hydrogens (tertiary/aromatic N) is 3. The van der Waals surface area contributed by atoms with Crippen LogP contribution in [0.2, 0.25) is 0 Å². The number of hydrogen-bond donors (Lipinski definition) is 3. The quantitative estimate of drug-likeness (QED) is 0.415. The Morgan fingerprint density at radius 3 is 2.66 bits per heavy atom. The molecule has 2 aromatic heterocycles. The second-order valence-electron chi connectivity index (χ2n) is 7.87. The molecule has 2 aromatic carbocycles. The van der Waals surface area contributed by atoms with Crippen LogP contribution in [0.4, 0.5) is 0 Å². The van der Waals surface area contributed by atoms with Gasteiger partial charge in [0.05, 0.1) is 11.3 Å². The van der Waals surface area contributed by atoms with Crippen molar-refractivity contribution in [2.45, 2.75) is 32.1 Å². The van der Waals surface area contributed by atoms with Crippen molar-refractivity contribution in [2.24, 2.45) is 7.05 Å². The van der Waals surface area contributed by atoms with Gasteiger partial charge in [0.25, 0.3) is 0 Å². The fraction of sp³-hybridized carbons (Fsp3) is 0.273. The summed E-state index contributed by atoms with van der Waals surface area (Å²) < 4.78 is 4.38. The van der Waals surface area contributed by atoms with Crippen molar-refractivity contribution in [3.8, 4) is 28.6 Å². The van der Waals surface area contributed by atoms with Crippen molar-refractivity contribution < 1.29 is 10.2 Å². The fourth-order valence-electron chi connectivity index (χ4n) is 4.25. The molecule has 1 saturated carbocycles. The van der Waals surface area contributed by atoms with Crippen LogP contribution >= 0.6 is 12.2 Å². The van der Waals surface area contributed by atoms with E-state index in [1.165, 1.54) is 11.6 Å². The number of aryl methyl sites for hydroxylation is 2. The number of aromatic nitrogens is 4. The molecule has 1 aliphatic rings. The Hall–Kier alpha value is -3.06. The number of H-pyrrole nitrogens is 1. The maximum absolute atomic E-state index is 10.6. The van der Waals surface area contributed by atoms with Crippen LogP contribution in [0.25, 0.3) is 28.0 Å². The maximum Gasteiger partial charge on any atom is 0.200 e. The van der Waals surface area contributed by atoms with Gasteiger partial charge in [-0.3, -0.25) is 9.67 Å². The average molecular weight is 407 g/mol. The van der Waals surface area contributed by atoms with E-state index in [0.717, 1.165) is 41.4 Å². The molecule has 7 heteroatoms. The lowest BCUT2D eigenvalue weighted by Crippen LogP contribution is -2.09. The van der Waals surface area contributed by atoms with E-state index in [2.05, 4.69) is 40.0 Å². The largest absolute Gasteiger partial charge is 0.508 e. The van der Waals surface area contributed by atoms with Crippen LogP contribution in [0.5, 0.6) is 11.5 Å². The third kappa shape index (κ3) is 2.76. The first kappa shape index (κ1) is 18.0.